The number of aliphatic imine (C=N–C) groups is 1. The maximum atomic E-state index is 11.6. The summed E-state index contributed by atoms with van der Waals surface area (Å²) in [6.45, 7) is 7.81. The van der Waals surface area contributed by atoms with Crippen LogP contribution in [0, 0.1) is 11.3 Å². The van der Waals surface area contributed by atoms with Gasteiger partial charge < -0.3 is 9.47 Å². The van der Waals surface area contributed by atoms with Gasteiger partial charge in [0.15, 0.2) is 11.5 Å². The second-order valence-corrected chi connectivity index (χ2v) is 6.11. The molecule has 0 fully saturated rings. The zero-order valence-corrected chi connectivity index (χ0v) is 13.8. The Morgan fingerprint density at radius 2 is 1.86 bits per heavy atom. The van der Waals surface area contributed by atoms with E-state index in [-0.39, 0.29) is 17.2 Å². The van der Waals surface area contributed by atoms with E-state index in [0.717, 1.165) is 12.0 Å². The maximum absolute atomic E-state index is 11.6. The van der Waals surface area contributed by atoms with Gasteiger partial charge >= 0.3 is 0 Å². The molecule has 0 unspecified atom stereocenters. The number of ether oxygens (including phenoxy) is 2. The molecule has 1 aromatic rings. The number of hydrogen-bond donors (Lipinski definition) is 0. The number of benzene rings is 1. The molecule has 116 valence electrons. The SMILES string of the molecule is COc1ccc(CC(C)(C)C=NC(=O)C(C)C)cc1OC. The lowest BCUT2D eigenvalue weighted by Crippen LogP contribution is -2.18. The van der Waals surface area contributed by atoms with E-state index in [0.29, 0.717) is 11.5 Å². The van der Waals surface area contributed by atoms with Crippen molar-refractivity contribution in [3.8, 4) is 11.5 Å². The number of hydrogen-bond acceptors (Lipinski definition) is 3. The zero-order chi connectivity index (χ0) is 16.0. The largest absolute Gasteiger partial charge is 0.493 e. The molecule has 1 rings (SSSR count). The Kier molecular flexibility index (Phi) is 5.94. The highest BCUT2D eigenvalue weighted by Crippen LogP contribution is 2.30. The number of nitrogens with zero attached hydrogens (tertiary/aromatic N) is 1. The summed E-state index contributed by atoms with van der Waals surface area (Å²) in [5.41, 5.74) is 0.908. The fraction of sp³-hybridized carbons (Fsp3) is 0.529. The minimum atomic E-state index is -0.204. The van der Waals surface area contributed by atoms with E-state index in [1.165, 1.54) is 0 Å². The van der Waals surface area contributed by atoms with Gasteiger partial charge in [-0.15, -0.1) is 0 Å². The van der Waals surface area contributed by atoms with Crippen molar-refractivity contribution < 1.29 is 14.3 Å². The molecule has 4 nitrogen and oxygen atoms in total. The topological polar surface area (TPSA) is 47.9 Å². The predicted octanol–water partition coefficient (Wildman–Crippen LogP) is 3.53. The fourth-order valence-corrected chi connectivity index (χ4v) is 1.95. The summed E-state index contributed by atoms with van der Waals surface area (Å²) in [7, 11) is 3.24. The first-order valence-electron chi connectivity index (χ1n) is 7.09. The van der Waals surface area contributed by atoms with Crippen LogP contribution < -0.4 is 9.47 Å². The lowest BCUT2D eigenvalue weighted by atomic mass is 9.87. The first kappa shape index (κ1) is 17.2. The molecular formula is C17H25NO3. The normalized spacial score (nSPS) is 12.0. The number of carbonyl (C=O) groups is 1. The van der Waals surface area contributed by atoms with Crippen LogP contribution in [0.15, 0.2) is 23.2 Å². The van der Waals surface area contributed by atoms with Crippen LogP contribution in [0.2, 0.25) is 0 Å². The van der Waals surface area contributed by atoms with Gasteiger partial charge in [-0.1, -0.05) is 33.8 Å². The summed E-state index contributed by atoms with van der Waals surface area (Å²) >= 11 is 0. The summed E-state index contributed by atoms with van der Waals surface area (Å²) in [6.07, 6.45) is 2.51. The molecule has 0 aromatic heterocycles. The summed E-state index contributed by atoms with van der Waals surface area (Å²) in [5.74, 6) is 1.26. The van der Waals surface area contributed by atoms with E-state index in [1.807, 2.05) is 32.0 Å². The van der Waals surface area contributed by atoms with Crippen LogP contribution in [0.5, 0.6) is 11.5 Å². The highest BCUT2D eigenvalue weighted by atomic mass is 16.5. The number of rotatable bonds is 6. The summed E-state index contributed by atoms with van der Waals surface area (Å²) in [5, 5.41) is 0. The molecule has 0 aliphatic carbocycles. The fourth-order valence-electron chi connectivity index (χ4n) is 1.95. The van der Waals surface area contributed by atoms with Gasteiger partial charge in [0.05, 0.1) is 14.2 Å². The van der Waals surface area contributed by atoms with Crippen LogP contribution in [0.3, 0.4) is 0 Å². The number of amides is 1. The predicted molar refractivity (Wildman–Crippen MR) is 85.4 cm³/mol. The Morgan fingerprint density at radius 1 is 1.24 bits per heavy atom. The summed E-state index contributed by atoms with van der Waals surface area (Å²) in [4.78, 5) is 15.6. The Hall–Kier alpha value is -1.84. The average Bonchev–Trinajstić information content (AvgIpc) is 2.44. The maximum Gasteiger partial charge on any atom is 0.247 e. The second-order valence-electron chi connectivity index (χ2n) is 6.11. The van der Waals surface area contributed by atoms with E-state index < -0.39 is 0 Å². The van der Waals surface area contributed by atoms with Crippen molar-refractivity contribution in [1.29, 1.82) is 0 Å². The number of carbonyl (C=O) groups excluding carboxylic acids is 1. The summed E-state index contributed by atoms with van der Waals surface area (Å²) < 4.78 is 10.5. The quantitative estimate of drug-likeness (QED) is 0.753. The average molecular weight is 291 g/mol. The van der Waals surface area contributed by atoms with Crippen molar-refractivity contribution in [2.24, 2.45) is 16.3 Å². The van der Waals surface area contributed by atoms with E-state index in [1.54, 1.807) is 20.4 Å². The van der Waals surface area contributed by atoms with Crippen molar-refractivity contribution in [3.63, 3.8) is 0 Å². The third kappa shape index (κ3) is 5.21. The van der Waals surface area contributed by atoms with Gasteiger partial charge in [-0.2, -0.15) is 0 Å². The van der Waals surface area contributed by atoms with E-state index in [9.17, 15) is 4.79 Å². The van der Waals surface area contributed by atoms with Crippen LogP contribution in [0.1, 0.15) is 33.3 Å². The molecule has 0 atom stereocenters. The van der Waals surface area contributed by atoms with Crippen molar-refractivity contribution in [3.05, 3.63) is 23.8 Å². The van der Waals surface area contributed by atoms with Gasteiger partial charge in [0.1, 0.15) is 0 Å². The monoisotopic (exact) mass is 291 g/mol. The first-order chi connectivity index (χ1) is 9.79. The molecule has 21 heavy (non-hydrogen) atoms. The molecule has 0 saturated heterocycles. The van der Waals surface area contributed by atoms with Gasteiger partial charge in [-0.3, -0.25) is 4.79 Å². The van der Waals surface area contributed by atoms with Crippen LogP contribution in [-0.4, -0.2) is 26.3 Å². The van der Waals surface area contributed by atoms with Crippen molar-refractivity contribution in [1.82, 2.24) is 0 Å². The van der Waals surface area contributed by atoms with E-state index >= 15 is 0 Å². The summed E-state index contributed by atoms with van der Waals surface area (Å²) in [6, 6.07) is 5.85. The molecule has 0 heterocycles. The molecule has 0 aliphatic rings. The van der Waals surface area contributed by atoms with E-state index in [4.69, 9.17) is 9.47 Å². The standard InChI is InChI=1S/C17H25NO3/c1-12(2)16(19)18-11-17(3,4)10-13-7-8-14(20-5)15(9-13)21-6/h7-9,11-12H,10H2,1-6H3. The molecule has 1 amide bonds. The molecule has 0 spiro atoms. The third-order valence-corrected chi connectivity index (χ3v) is 3.14. The van der Waals surface area contributed by atoms with Crippen molar-refractivity contribution >= 4 is 12.1 Å². The van der Waals surface area contributed by atoms with Crippen LogP contribution >= 0.6 is 0 Å². The van der Waals surface area contributed by atoms with Gasteiger partial charge in [0.25, 0.3) is 0 Å². The van der Waals surface area contributed by atoms with Gasteiger partial charge in [0.2, 0.25) is 5.91 Å². The molecule has 0 saturated carbocycles. The molecule has 1 aromatic carbocycles. The lowest BCUT2D eigenvalue weighted by Gasteiger charge is -2.20. The highest BCUT2D eigenvalue weighted by molar-refractivity contribution is 5.87. The van der Waals surface area contributed by atoms with E-state index in [2.05, 4.69) is 18.8 Å². The lowest BCUT2D eigenvalue weighted by molar-refractivity contribution is -0.120. The zero-order valence-electron chi connectivity index (χ0n) is 13.8. The molecular weight excluding hydrogens is 266 g/mol. The molecule has 0 N–H and O–H groups in total. The molecule has 0 radical (unpaired) electrons. The number of methoxy groups -OCH3 is 2. The molecule has 4 heteroatoms. The Labute approximate surface area is 127 Å². The van der Waals surface area contributed by atoms with Crippen molar-refractivity contribution in [2.75, 3.05) is 14.2 Å². The Bertz CT molecular complexity index is 519. The minimum Gasteiger partial charge on any atom is -0.493 e. The Morgan fingerprint density at radius 3 is 2.38 bits per heavy atom. The smallest absolute Gasteiger partial charge is 0.247 e. The molecule has 0 aliphatic heterocycles. The highest BCUT2D eigenvalue weighted by Gasteiger charge is 2.18. The second kappa shape index (κ2) is 7.25. The van der Waals surface area contributed by atoms with Gasteiger partial charge in [-0.25, -0.2) is 4.99 Å². The van der Waals surface area contributed by atoms with Gasteiger partial charge in [-0.05, 0) is 24.1 Å². The van der Waals surface area contributed by atoms with Crippen LogP contribution in [-0.2, 0) is 11.2 Å². The first-order valence-corrected chi connectivity index (χ1v) is 7.09. The van der Waals surface area contributed by atoms with Crippen molar-refractivity contribution in [2.45, 2.75) is 34.1 Å². The van der Waals surface area contributed by atoms with Gasteiger partial charge in [0, 0.05) is 17.5 Å². The molecule has 0 bridgehead atoms. The van der Waals surface area contributed by atoms with Crippen LogP contribution in [0.25, 0.3) is 0 Å². The van der Waals surface area contributed by atoms with Crippen LogP contribution in [0.4, 0.5) is 0 Å². The minimum absolute atomic E-state index is 0.0712. The third-order valence-electron chi connectivity index (χ3n) is 3.14. The Balaban J connectivity index is 2.86.